The van der Waals surface area contributed by atoms with Crippen LogP contribution < -0.4 is 5.32 Å². The molecule has 0 aliphatic carbocycles. The number of imidazole rings is 1. The Hall–Kier alpha value is -2.86. The average molecular weight is 338 g/mol. The molecule has 0 saturated heterocycles. The number of carbonyl (C=O) groups excluding carboxylic acids is 1. The molecular formula is C19H22N4O2. The van der Waals surface area contributed by atoms with Crippen LogP contribution in [0.2, 0.25) is 0 Å². The molecule has 130 valence electrons. The molecule has 2 N–H and O–H groups in total. The predicted molar refractivity (Wildman–Crippen MR) is 98.7 cm³/mol. The summed E-state index contributed by atoms with van der Waals surface area (Å²) in [6.45, 7) is 3.68. The van der Waals surface area contributed by atoms with Gasteiger partial charge in [0.05, 0.1) is 12.6 Å². The van der Waals surface area contributed by atoms with Crippen LogP contribution in [0.1, 0.15) is 12.5 Å². The Balaban J connectivity index is 2.09. The number of rotatable bonds is 4. The number of aliphatic hydroxyl groups is 1. The number of hydrogen-bond donors (Lipinski definition) is 2. The van der Waals surface area contributed by atoms with Crippen molar-refractivity contribution in [3.05, 3.63) is 54.2 Å². The van der Waals surface area contributed by atoms with Gasteiger partial charge in [0.25, 0.3) is 0 Å². The van der Waals surface area contributed by atoms with Crippen molar-refractivity contribution in [1.82, 2.24) is 14.3 Å². The van der Waals surface area contributed by atoms with Crippen molar-refractivity contribution in [1.29, 1.82) is 0 Å². The topological polar surface area (TPSA) is 69.9 Å². The number of aliphatic hydroxyl groups excluding tert-OH is 1. The molecule has 1 unspecified atom stereocenters. The minimum absolute atomic E-state index is 0.0955. The molecule has 6 heteroatoms. The Bertz CT molecular complexity index is 889. The summed E-state index contributed by atoms with van der Waals surface area (Å²) in [5.41, 5.74) is 3.47. The normalized spacial score (nSPS) is 12.2. The van der Waals surface area contributed by atoms with E-state index in [4.69, 9.17) is 4.98 Å². The summed E-state index contributed by atoms with van der Waals surface area (Å²) in [5.74, 6) is 0.617. The predicted octanol–water partition coefficient (Wildman–Crippen LogP) is 3.15. The number of fused-ring (bicyclic) bond motifs is 1. The first kappa shape index (κ1) is 17.0. The van der Waals surface area contributed by atoms with Gasteiger partial charge in [-0.15, -0.1) is 0 Å². The van der Waals surface area contributed by atoms with Crippen molar-refractivity contribution in [2.24, 2.45) is 0 Å². The fraction of sp³-hybridized carbons (Fsp3) is 0.263. The van der Waals surface area contributed by atoms with Crippen LogP contribution in [0.5, 0.6) is 0 Å². The average Bonchev–Trinajstić information content (AvgIpc) is 3.01. The number of aromatic nitrogens is 2. The highest BCUT2D eigenvalue weighted by molar-refractivity contribution is 5.93. The summed E-state index contributed by atoms with van der Waals surface area (Å²) in [4.78, 5) is 18.8. The maximum atomic E-state index is 12.6. The van der Waals surface area contributed by atoms with E-state index in [1.807, 2.05) is 60.0 Å². The molecular weight excluding hydrogens is 316 g/mol. The van der Waals surface area contributed by atoms with E-state index in [-0.39, 0.29) is 18.7 Å². The van der Waals surface area contributed by atoms with Gasteiger partial charge in [0, 0.05) is 18.8 Å². The molecule has 2 aromatic heterocycles. The van der Waals surface area contributed by atoms with Gasteiger partial charge in [-0.1, -0.05) is 36.4 Å². The van der Waals surface area contributed by atoms with Crippen LogP contribution in [0.15, 0.2) is 48.7 Å². The molecule has 3 rings (SSSR count). The molecule has 3 aromatic rings. The largest absolute Gasteiger partial charge is 0.394 e. The summed E-state index contributed by atoms with van der Waals surface area (Å²) >= 11 is 0. The van der Waals surface area contributed by atoms with Gasteiger partial charge in [-0.3, -0.25) is 9.72 Å². The van der Waals surface area contributed by atoms with Gasteiger partial charge in [-0.25, -0.2) is 9.78 Å². The third-order valence-electron chi connectivity index (χ3n) is 4.36. The van der Waals surface area contributed by atoms with E-state index in [0.717, 1.165) is 16.8 Å². The van der Waals surface area contributed by atoms with Crippen molar-refractivity contribution in [3.8, 4) is 11.3 Å². The van der Waals surface area contributed by atoms with Crippen molar-refractivity contribution >= 4 is 17.5 Å². The summed E-state index contributed by atoms with van der Waals surface area (Å²) < 4.78 is 1.88. The van der Waals surface area contributed by atoms with E-state index in [2.05, 4.69) is 5.32 Å². The van der Waals surface area contributed by atoms with Gasteiger partial charge in [0.15, 0.2) is 0 Å². The Morgan fingerprint density at radius 1 is 1.28 bits per heavy atom. The molecule has 0 radical (unpaired) electrons. The van der Waals surface area contributed by atoms with Crippen LogP contribution in [0, 0.1) is 6.92 Å². The summed E-state index contributed by atoms with van der Waals surface area (Å²) in [6.07, 6.45) is 1.88. The molecule has 0 bridgehead atoms. The fourth-order valence-corrected chi connectivity index (χ4v) is 2.63. The van der Waals surface area contributed by atoms with E-state index in [9.17, 15) is 9.90 Å². The molecule has 6 nitrogen and oxygen atoms in total. The standard InChI is InChI=1S/C19H22N4O2/c1-13-8-7-11-23-17(13)20-16(15-9-5-4-6-10-15)18(23)21-19(25)22(3)14(2)12-24/h4-11,14,24H,12H2,1-3H3,(H,21,25). The number of anilines is 1. The minimum Gasteiger partial charge on any atom is -0.394 e. The smallest absolute Gasteiger partial charge is 0.323 e. The zero-order valence-corrected chi connectivity index (χ0v) is 14.6. The van der Waals surface area contributed by atoms with Gasteiger partial charge >= 0.3 is 6.03 Å². The minimum atomic E-state index is -0.290. The lowest BCUT2D eigenvalue weighted by Gasteiger charge is -2.23. The molecule has 0 aliphatic rings. The van der Waals surface area contributed by atoms with Crippen molar-refractivity contribution in [2.75, 3.05) is 19.0 Å². The summed E-state index contributed by atoms with van der Waals surface area (Å²) in [5, 5.41) is 12.2. The maximum Gasteiger partial charge on any atom is 0.323 e. The summed E-state index contributed by atoms with van der Waals surface area (Å²) in [7, 11) is 1.66. The zero-order chi connectivity index (χ0) is 18.0. The molecule has 1 atom stereocenters. The van der Waals surface area contributed by atoms with Crippen molar-refractivity contribution in [3.63, 3.8) is 0 Å². The quantitative estimate of drug-likeness (QED) is 0.768. The van der Waals surface area contributed by atoms with Crippen LogP contribution >= 0.6 is 0 Å². The zero-order valence-electron chi connectivity index (χ0n) is 14.6. The van der Waals surface area contributed by atoms with Gasteiger partial charge in [-0.05, 0) is 25.5 Å². The van der Waals surface area contributed by atoms with Crippen molar-refractivity contribution in [2.45, 2.75) is 19.9 Å². The SMILES string of the molecule is Cc1cccn2c(NC(=O)N(C)C(C)CO)c(-c3ccccc3)nc12. The highest BCUT2D eigenvalue weighted by atomic mass is 16.3. The molecule has 0 fully saturated rings. The highest BCUT2D eigenvalue weighted by Gasteiger charge is 2.21. The number of hydrogen-bond acceptors (Lipinski definition) is 3. The number of aryl methyl sites for hydroxylation is 1. The third-order valence-corrected chi connectivity index (χ3v) is 4.36. The Morgan fingerprint density at radius 3 is 2.68 bits per heavy atom. The highest BCUT2D eigenvalue weighted by Crippen LogP contribution is 2.30. The Labute approximate surface area is 146 Å². The van der Waals surface area contributed by atoms with Crippen LogP contribution in [-0.2, 0) is 0 Å². The van der Waals surface area contributed by atoms with E-state index < -0.39 is 0 Å². The molecule has 25 heavy (non-hydrogen) atoms. The van der Waals surface area contributed by atoms with Gasteiger partial charge < -0.3 is 10.0 Å². The number of amides is 2. The lowest BCUT2D eigenvalue weighted by Crippen LogP contribution is -2.40. The number of pyridine rings is 1. The Kier molecular flexibility index (Phi) is 4.72. The molecule has 0 saturated carbocycles. The lowest BCUT2D eigenvalue weighted by atomic mass is 10.1. The fourth-order valence-electron chi connectivity index (χ4n) is 2.63. The molecule has 2 heterocycles. The van der Waals surface area contributed by atoms with Gasteiger partial charge in [0.1, 0.15) is 17.2 Å². The first-order chi connectivity index (χ1) is 12.0. The van der Waals surface area contributed by atoms with Crippen LogP contribution in [0.4, 0.5) is 10.6 Å². The molecule has 0 aliphatic heterocycles. The second-order valence-corrected chi connectivity index (χ2v) is 6.13. The first-order valence-corrected chi connectivity index (χ1v) is 8.20. The molecule has 2 amide bonds. The second-order valence-electron chi connectivity index (χ2n) is 6.13. The first-order valence-electron chi connectivity index (χ1n) is 8.20. The van der Waals surface area contributed by atoms with Gasteiger partial charge in [-0.2, -0.15) is 0 Å². The third kappa shape index (κ3) is 3.21. The van der Waals surface area contributed by atoms with Gasteiger partial charge in [0.2, 0.25) is 0 Å². The number of nitrogens with zero attached hydrogens (tertiary/aromatic N) is 3. The van der Waals surface area contributed by atoms with E-state index >= 15 is 0 Å². The second kappa shape index (κ2) is 6.94. The molecule has 0 spiro atoms. The van der Waals surface area contributed by atoms with E-state index in [1.54, 1.807) is 14.0 Å². The van der Waals surface area contributed by atoms with Crippen LogP contribution in [0.3, 0.4) is 0 Å². The maximum absolute atomic E-state index is 12.6. The van der Waals surface area contributed by atoms with E-state index in [1.165, 1.54) is 4.90 Å². The summed E-state index contributed by atoms with van der Waals surface area (Å²) in [6, 6.07) is 13.1. The number of nitrogens with one attached hydrogen (secondary N) is 1. The monoisotopic (exact) mass is 338 g/mol. The van der Waals surface area contributed by atoms with Crippen LogP contribution in [-0.4, -0.2) is 45.1 Å². The lowest BCUT2D eigenvalue weighted by molar-refractivity contribution is 0.166. The van der Waals surface area contributed by atoms with Crippen LogP contribution in [0.25, 0.3) is 16.9 Å². The number of benzene rings is 1. The number of carbonyl (C=O) groups is 1. The van der Waals surface area contributed by atoms with Crippen molar-refractivity contribution < 1.29 is 9.90 Å². The molecule has 1 aromatic carbocycles. The number of urea groups is 1. The van der Waals surface area contributed by atoms with E-state index in [0.29, 0.717) is 11.5 Å². The Morgan fingerprint density at radius 2 is 2.00 bits per heavy atom. The number of likely N-dealkylation sites (N-methyl/N-ethyl adjacent to an activating group) is 1.